The molecule has 0 aromatic heterocycles. The lowest BCUT2D eigenvalue weighted by atomic mass is 10.2. The van der Waals surface area contributed by atoms with Crippen molar-refractivity contribution in [1.82, 2.24) is 10.2 Å². The zero-order chi connectivity index (χ0) is 11.8. The maximum absolute atomic E-state index is 11.7. The quantitative estimate of drug-likeness (QED) is 0.737. The topological polar surface area (TPSA) is 58.6 Å². The molecule has 92 valence electrons. The largest absolute Gasteiger partial charge is 0.469 e. The molecule has 0 saturated carbocycles. The first kappa shape index (κ1) is 12.8. The molecule has 1 fully saturated rings. The normalized spacial score (nSPS) is 16.4. The minimum atomic E-state index is -0.295. The van der Waals surface area contributed by atoms with Crippen LogP contribution in [0.5, 0.6) is 0 Å². The van der Waals surface area contributed by atoms with E-state index in [4.69, 9.17) is 0 Å². The molecular formula is C11H20N2O3. The molecule has 1 N–H and O–H groups in total. The number of urea groups is 1. The summed E-state index contributed by atoms with van der Waals surface area (Å²) in [6.45, 7) is 2.00. The minimum Gasteiger partial charge on any atom is -0.469 e. The fourth-order valence-corrected chi connectivity index (χ4v) is 1.76. The number of esters is 1. The monoisotopic (exact) mass is 228 g/mol. The van der Waals surface area contributed by atoms with Gasteiger partial charge in [0.1, 0.15) is 0 Å². The summed E-state index contributed by atoms with van der Waals surface area (Å²) in [6, 6.07) is -0.0641. The van der Waals surface area contributed by atoms with Gasteiger partial charge >= 0.3 is 12.0 Å². The van der Waals surface area contributed by atoms with Crippen LogP contribution in [0.4, 0.5) is 4.79 Å². The van der Waals surface area contributed by atoms with E-state index in [2.05, 4.69) is 10.1 Å². The second-order valence-electron chi connectivity index (χ2n) is 3.96. The van der Waals surface area contributed by atoms with Crippen LogP contribution in [-0.4, -0.2) is 43.6 Å². The number of nitrogens with zero attached hydrogens (tertiary/aromatic N) is 1. The molecule has 1 aliphatic rings. The van der Waals surface area contributed by atoms with Gasteiger partial charge in [-0.25, -0.2) is 4.79 Å². The molecule has 5 nitrogen and oxygen atoms in total. The van der Waals surface area contributed by atoms with Gasteiger partial charge in [-0.15, -0.1) is 0 Å². The summed E-state index contributed by atoms with van der Waals surface area (Å²) in [4.78, 5) is 24.3. The Hall–Kier alpha value is -1.26. The van der Waals surface area contributed by atoms with Crippen LogP contribution >= 0.6 is 0 Å². The zero-order valence-electron chi connectivity index (χ0n) is 9.83. The molecule has 0 aromatic rings. The summed E-state index contributed by atoms with van der Waals surface area (Å²) >= 11 is 0. The fourth-order valence-electron chi connectivity index (χ4n) is 1.76. The lowest BCUT2D eigenvalue weighted by Gasteiger charge is -2.20. The van der Waals surface area contributed by atoms with Crippen molar-refractivity contribution >= 4 is 12.0 Å². The van der Waals surface area contributed by atoms with Crippen molar-refractivity contribution in [3.05, 3.63) is 0 Å². The maximum Gasteiger partial charge on any atom is 0.317 e. The van der Waals surface area contributed by atoms with Gasteiger partial charge in [-0.1, -0.05) is 12.8 Å². The van der Waals surface area contributed by atoms with E-state index >= 15 is 0 Å². The Morgan fingerprint density at radius 2 is 1.81 bits per heavy atom. The Bertz CT molecular complexity index is 235. The van der Waals surface area contributed by atoms with E-state index in [-0.39, 0.29) is 18.4 Å². The van der Waals surface area contributed by atoms with Crippen molar-refractivity contribution in [1.29, 1.82) is 0 Å². The van der Waals surface area contributed by atoms with Crippen LogP contribution in [-0.2, 0) is 9.53 Å². The van der Waals surface area contributed by atoms with Crippen LogP contribution in [0, 0.1) is 0 Å². The van der Waals surface area contributed by atoms with Crippen LogP contribution in [0.2, 0.25) is 0 Å². The average molecular weight is 228 g/mol. The highest BCUT2D eigenvalue weighted by Crippen LogP contribution is 2.09. The van der Waals surface area contributed by atoms with Gasteiger partial charge in [0, 0.05) is 19.6 Å². The molecule has 1 aliphatic heterocycles. The van der Waals surface area contributed by atoms with Crippen molar-refractivity contribution in [2.24, 2.45) is 0 Å². The van der Waals surface area contributed by atoms with Gasteiger partial charge in [0.25, 0.3) is 0 Å². The third-order valence-corrected chi connectivity index (χ3v) is 2.73. The number of likely N-dealkylation sites (tertiary alicyclic amines) is 1. The van der Waals surface area contributed by atoms with E-state index < -0.39 is 0 Å². The molecule has 0 bridgehead atoms. The van der Waals surface area contributed by atoms with Gasteiger partial charge in [-0.05, 0) is 12.8 Å². The number of carbonyl (C=O) groups excluding carboxylic acids is 2. The Balaban J connectivity index is 2.20. The zero-order valence-corrected chi connectivity index (χ0v) is 9.83. The highest BCUT2D eigenvalue weighted by atomic mass is 16.5. The van der Waals surface area contributed by atoms with Crippen LogP contribution < -0.4 is 5.32 Å². The molecule has 0 radical (unpaired) electrons. The van der Waals surface area contributed by atoms with E-state index in [1.54, 1.807) is 0 Å². The molecule has 1 heterocycles. The summed E-state index contributed by atoms with van der Waals surface area (Å²) in [7, 11) is 1.35. The van der Waals surface area contributed by atoms with Gasteiger partial charge in [0.2, 0.25) is 0 Å². The predicted octanol–water partition coefficient (Wildman–Crippen LogP) is 1.14. The highest BCUT2D eigenvalue weighted by Gasteiger charge is 2.14. The van der Waals surface area contributed by atoms with Gasteiger partial charge < -0.3 is 15.0 Å². The number of methoxy groups -OCH3 is 1. The molecule has 0 spiro atoms. The van der Waals surface area contributed by atoms with Crippen LogP contribution in [0.25, 0.3) is 0 Å². The number of hydrogen-bond acceptors (Lipinski definition) is 3. The second kappa shape index (κ2) is 7.09. The van der Waals surface area contributed by atoms with E-state index in [9.17, 15) is 9.59 Å². The highest BCUT2D eigenvalue weighted by molar-refractivity contribution is 5.75. The lowest BCUT2D eigenvalue weighted by Crippen LogP contribution is -2.41. The van der Waals surface area contributed by atoms with E-state index in [0.717, 1.165) is 25.9 Å². The van der Waals surface area contributed by atoms with E-state index in [0.29, 0.717) is 6.54 Å². The van der Waals surface area contributed by atoms with E-state index in [1.807, 2.05) is 4.90 Å². The van der Waals surface area contributed by atoms with Crippen molar-refractivity contribution < 1.29 is 14.3 Å². The Kier molecular flexibility index (Phi) is 5.67. The van der Waals surface area contributed by atoms with Crippen molar-refractivity contribution in [3.8, 4) is 0 Å². The summed E-state index contributed by atoms with van der Waals surface area (Å²) in [6.07, 6.45) is 4.78. The Labute approximate surface area is 96.1 Å². The molecule has 0 atom stereocenters. The number of ether oxygens (including phenoxy) is 1. The minimum absolute atomic E-state index is 0.0641. The number of amides is 2. The Morgan fingerprint density at radius 1 is 1.19 bits per heavy atom. The summed E-state index contributed by atoms with van der Waals surface area (Å²) in [5.74, 6) is -0.295. The van der Waals surface area contributed by atoms with Gasteiger partial charge in [0.05, 0.1) is 13.5 Å². The molecule has 1 saturated heterocycles. The first-order valence-corrected chi connectivity index (χ1v) is 5.83. The van der Waals surface area contributed by atoms with Crippen LogP contribution in [0.1, 0.15) is 32.1 Å². The van der Waals surface area contributed by atoms with Crippen molar-refractivity contribution in [2.45, 2.75) is 32.1 Å². The average Bonchev–Trinajstić information content (AvgIpc) is 2.57. The number of carbonyl (C=O) groups is 2. The summed E-state index contributed by atoms with van der Waals surface area (Å²) in [5, 5.41) is 2.73. The maximum atomic E-state index is 11.7. The van der Waals surface area contributed by atoms with Gasteiger partial charge in [0.15, 0.2) is 0 Å². The summed E-state index contributed by atoms with van der Waals surface area (Å²) in [5.41, 5.74) is 0. The summed E-state index contributed by atoms with van der Waals surface area (Å²) < 4.78 is 4.49. The first-order chi connectivity index (χ1) is 7.74. The molecule has 1 rings (SSSR count). The molecule has 0 unspecified atom stereocenters. The molecular weight excluding hydrogens is 208 g/mol. The van der Waals surface area contributed by atoms with E-state index in [1.165, 1.54) is 20.0 Å². The van der Waals surface area contributed by atoms with Crippen LogP contribution in [0.3, 0.4) is 0 Å². The lowest BCUT2D eigenvalue weighted by molar-refractivity contribution is -0.140. The van der Waals surface area contributed by atoms with Gasteiger partial charge in [-0.2, -0.15) is 0 Å². The fraction of sp³-hybridized carbons (Fsp3) is 0.818. The molecule has 2 amide bonds. The Morgan fingerprint density at radius 3 is 2.38 bits per heavy atom. The molecule has 0 aromatic carbocycles. The first-order valence-electron chi connectivity index (χ1n) is 5.83. The molecule has 5 heteroatoms. The number of rotatable bonds is 3. The van der Waals surface area contributed by atoms with Crippen molar-refractivity contribution in [2.75, 3.05) is 26.7 Å². The predicted molar refractivity (Wildman–Crippen MR) is 60.1 cm³/mol. The molecule has 0 aliphatic carbocycles. The SMILES string of the molecule is COC(=O)CCNC(=O)N1CCCCCC1. The third-order valence-electron chi connectivity index (χ3n) is 2.73. The smallest absolute Gasteiger partial charge is 0.317 e. The van der Waals surface area contributed by atoms with Crippen LogP contribution in [0.15, 0.2) is 0 Å². The van der Waals surface area contributed by atoms with Crippen molar-refractivity contribution in [3.63, 3.8) is 0 Å². The third kappa shape index (κ3) is 4.51. The number of nitrogens with one attached hydrogen (secondary N) is 1. The molecule has 16 heavy (non-hydrogen) atoms. The number of hydrogen-bond donors (Lipinski definition) is 1. The standard InChI is InChI=1S/C11H20N2O3/c1-16-10(14)6-7-12-11(15)13-8-4-2-3-5-9-13/h2-9H2,1H3,(H,12,15). The van der Waals surface area contributed by atoms with Gasteiger partial charge in [-0.3, -0.25) is 4.79 Å². The second-order valence-corrected chi connectivity index (χ2v) is 3.96.